The Morgan fingerprint density at radius 3 is 2.61 bits per heavy atom. The molecule has 3 aliphatic rings. The molecular weight excluding hydrogens is 355 g/mol. The highest BCUT2D eigenvalue weighted by molar-refractivity contribution is 5.56. The summed E-state index contributed by atoms with van der Waals surface area (Å²) in [7, 11) is 2.11. The van der Waals surface area contributed by atoms with Crippen molar-refractivity contribution < 1.29 is 9.13 Å². The van der Waals surface area contributed by atoms with Crippen LogP contribution in [0.1, 0.15) is 5.69 Å². The molecule has 6 heteroatoms. The average Bonchev–Trinajstić information content (AvgIpc) is 3.01. The van der Waals surface area contributed by atoms with E-state index in [0.717, 1.165) is 49.6 Å². The van der Waals surface area contributed by atoms with Gasteiger partial charge in [0.15, 0.2) is 0 Å². The Morgan fingerprint density at radius 1 is 1.14 bits per heavy atom. The Morgan fingerprint density at radius 2 is 1.93 bits per heavy atom. The van der Waals surface area contributed by atoms with Gasteiger partial charge in [0.1, 0.15) is 5.82 Å². The van der Waals surface area contributed by atoms with Crippen LogP contribution >= 0.6 is 0 Å². The number of ether oxygens (including phenoxy) is 1. The second-order valence-corrected chi connectivity index (χ2v) is 8.44. The highest BCUT2D eigenvalue weighted by atomic mass is 19.1. The fourth-order valence-corrected chi connectivity index (χ4v) is 4.97. The molecule has 2 aliphatic heterocycles. The van der Waals surface area contributed by atoms with Gasteiger partial charge in [-0.25, -0.2) is 4.39 Å². The van der Waals surface area contributed by atoms with Crippen LogP contribution in [0.25, 0.3) is 0 Å². The van der Waals surface area contributed by atoms with Crippen LogP contribution in [0.2, 0.25) is 0 Å². The van der Waals surface area contributed by atoms with Crippen molar-refractivity contribution in [2.45, 2.75) is 6.54 Å². The molecule has 3 fully saturated rings. The van der Waals surface area contributed by atoms with Crippen LogP contribution in [-0.2, 0) is 18.3 Å². The molecule has 0 radical (unpaired) electrons. The van der Waals surface area contributed by atoms with Gasteiger partial charge in [-0.15, -0.1) is 0 Å². The van der Waals surface area contributed by atoms with Crippen molar-refractivity contribution in [3.8, 4) is 0 Å². The van der Waals surface area contributed by atoms with Crippen molar-refractivity contribution in [3.05, 3.63) is 48.0 Å². The first-order valence-corrected chi connectivity index (χ1v) is 10.4. The third-order valence-electron chi connectivity index (χ3n) is 6.73. The van der Waals surface area contributed by atoms with Crippen LogP contribution < -0.4 is 10.2 Å². The van der Waals surface area contributed by atoms with Crippen LogP contribution in [0, 0.1) is 23.6 Å². The Hall–Kier alpha value is -2.05. The first-order chi connectivity index (χ1) is 13.7. The standard InChI is InChI=1S/C22H29FN4O/c1-25-6-2-3-17(25)13-26-14-19-18(20(19)15-26)12-24-16-4-5-22(21(23)11-16)27-7-9-28-10-8-27/h2-6,11,18-20,24H,7-10,12-15H2,1H3. The molecule has 1 aliphatic carbocycles. The minimum atomic E-state index is -0.142. The number of rotatable bonds is 6. The quantitative estimate of drug-likeness (QED) is 0.830. The van der Waals surface area contributed by atoms with Crippen molar-refractivity contribution in [2.24, 2.45) is 24.8 Å². The van der Waals surface area contributed by atoms with Gasteiger partial charge in [-0.1, -0.05) is 0 Å². The SMILES string of the molecule is Cn1cccc1CN1CC2C(CNc3ccc(N4CCOCC4)c(F)c3)C2C1. The number of aryl methyl sites for hydroxylation is 1. The minimum absolute atomic E-state index is 0.142. The lowest BCUT2D eigenvalue weighted by atomic mass is 10.2. The van der Waals surface area contributed by atoms with E-state index in [1.54, 1.807) is 6.07 Å². The largest absolute Gasteiger partial charge is 0.385 e. The van der Waals surface area contributed by atoms with Gasteiger partial charge in [0.25, 0.3) is 0 Å². The average molecular weight is 384 g/mol. The summed E-state index contributed by atoms with van der Waals surface area (Å²) in [5.74, 6) is 2.18. The Balaban J connectivity index is 1.11. The minimum Gasteiger partial charge on any atom is -0.385 e. The van der Waals surface area contributed by atoms with Crippen molar-refractivity contribution in [1.82, 2.24) is 9.47 Å². The number of piperidine rings is 1. The van der Waals surface area contributed by atoms with Crippen LogP contribution in [0.5, 0.6) is 0 Å². The van der Waals surface area contributed by atoms with Gasteiger partial charge in [-0.2, -0.15) is 0 Å². The van der Waals surface area contributed by atoms with Gasteiger partial charge in [-0.3, -0.25) is 4.90 Å². The molecule has 150 valence electrons. The molecule has 0 amide bonds. The predicted molar refractivity (Wildman–Crippen MR) is 109 cm³/mol. The maximum atomic E-state index is 14.5. The summed E-state index contributed by atoms with van der Waals surface area (Å²) < 4.78 is 22.1. The first kappa shape index (κ1) is 18.0. The number of benzene rings is 1. The van der Waals surface area contributed by atoms with Crippen molar-refractivity contribution in [1.29, 1.82) is 0 Å². The fourth-order valence-electron chi connectivity index (χ4n) is 4.97. The normalized spacial score (nSPS) is 27.1. The van der Waals surface area contributed by atoms with E-state index in [9.17, 15) is 4.39 Å². The molecule has 1 saturated carbocycles. The number of hydrogen-bond acceptors (Lipinski definition) is 4. The molecule has 0 spiro atoms. The molecule has 1 aromatic heterocycles. The number of halogens is 1. The summed E-state index contributed by atoms with van der Waals surface area (Å²) in [6.07, 6.45) is 2.11. The van der Waals surface area contributed by atoms with Crippen LogP contribution in [-0.4, -0.2) is 55.4 Å². The fraction of sp³-hybridized carbons (Fsp3) is 0.545. The number of hydrogen-bond donors (Lipinski definition) is 1. The van der Waals surface area contributed by atoms with Crippen molar-refractivity contribution in [3.63, 3.8) is 0 Å². The zero-order valence-electron chi connectivity index (χ0n) is 16.5. The van der Waals surface area contributed by atoms with Crippen LogP contribution in [0.3, 0.4) is 0 Å². The van der Waals surface area contributed by atoms with Crippen LogP contribution in [0.15, 0.2) is 36.5 Å². The highest BCUT2D eigenvalue weighted by Crippen LogP contribution is 2.51. The van der Waals surface area contributed by atoms with Gasteiger partial charge >= 0.3 is 0 Å². The van der Waals surface area contributed by atoms with E-state index in [1.165, 1.54) is 18.8 Å². The maximum absolute atomic E-state index is 14.5. The second-order valence-electron chi connectivity index (χ2n) is 8.44. The molecule has 28 heavy (non-hydrogen) atoms. The third-order valence-corrected chi connectivity index (χ3v) is 6.73. The number of fused-ring (bicyclic) bond motifs is 1. The van der Waals surface area contributed by atoms with Gasteiger partial charge in [-0.05, 0) is 48.1 Å². The third kappa shape index (κ3) is 3.51. The number of likely N-dealkylation sites (tertiary alicyclic amines) is 1. The molecule has 5 rings (SSSR count). The Bertz CT molecular complexity index is 820. The van der Waals surface area contributed by atoms with Gasteiger partial charge in [0.2, 0.25) is 0 Å². The van der Waals surface area contributed by atoms with E-state index in [4.69, 9.17) is 4.74 Å². The lowest BCUT2D eigenvalue weighted by Crippen LogP contribution is -2.36. The Kier molecular flexibility index (Phi) is 4.77. The topological polar surface area (TPSA) is 32.7 Å². The van der Waals surface area contributed by atoms with E-state index in [0.29, 0.717) is 18.9 Å². The number of aromatic nitrogens is 1. The van der Waals surface area contributed by atoms with Crippen molar-refractivity contribution >= 4 is 11.4 Å². The summed E-state index contributed by atoms with van der Waals surface area (Å²) >= 11 is 0. The smallest absolute Gasteiger partial charge is 0.148 e. The summed E-state index contributed by atoms with van der Waals surface area (Å²) in [4.78, 5) is 4.63. The summed E-state index contributed by atoms with van der Waals surface area (Å²) in [5, 5.41) is 3.47. The number of morpholine rings is 1. The summed E-state index contributed by atoms with van der Waals surface area (Å²) in [6.45, 7) is 7.23. The number of nitrogens with one attached hydrogen (secondary N) is 1. The number of nitrogens with zero attached hydrogens (tertiary/aromatic N) is 3. The summed E-state index contributed by atoms with van der Waals surface area (Å²) in [5.41, 5.74) is 2.96. The zero-order valence-corrected chi connectivity index (χ0v) is 16.5. The molecular formula is C22H29FN4O. The van der Waals surface area contributed by atoms with Gasteiger partial charge in [0, 0.05) is 63.9 Å². The molecule has 2 saturated heterocycles. The highest BCUT2D eigenvalue weighted by Gasteiger charge is 2.54. The molecule has 1 aromatic carbocycles. The molecule has 1 N–H and O–H groups in total. The molecule has 3 heterocycles. The lowest BCUT2D eigenvalue weighted by Gasteiger charge is -2.29. The molecule has 0 bridgehead atoms. The van der Waals surface area contributed by atoms with E-state index in [1.807, 2.05) is 12.1 Å². The van der Waals surface area contributed by atoms with E-state index < -0.39 is 0 Å². The van der Waals surface area contributed by atoms with E-state index in [2.05, 4.69) is 45.1 Å². The van der Waals surface area contributed by atoms with E-state index in [-0.39, 0.29) is 5.82 Å². The first-order valence-electron chi connectivity index (χ1n) is 10.4. The van der Waals surface area contributed by atoms with Gasteiger partial charge < -0.3 is 19.5 Å². The molecule has 2 atom stereocenters. The number of anilines is 2. The predicted octanol–water partition coefficient (Wildman–Crippen LogP) is 2.79. The second kappa shape index (κ2) is 7.41. The lowest BCUT2D eigenvalue weighted by molar-refractivity contribution is 0.122. The van der Waals surface area contributed by atoms with E-state index >= 15 is 0 Å². The summed E-state index contributed by atoms with van der Waals surface area (Å²) in [6, 6.07) is 9.87. The van der Waals surface area contributed by atoms with Crippen molar-refractivity contribution in [2.75, 3.05) is 56.2 Å². The molecule has 2 unspecified atom stereocenters. The zero-order chi connectivity index (χ0) is 19.1. The van der Waals surface area contributed by atoms with Gasteiger partial charge in [0.05, 0.1) is 18.9 Å². The molecule has 5 nitrogen and oxygen atoms in total. The Labute approximate surface area is 166 Å². The maximum Gasteiger partial charge on any atom is 0.148 e. The monoisotopic (exact) mass is 384 g/mol. The molecule has 2 aromatic rings. The van der Waals surface area contributed by atoms with Crippen LogP contribution in [0.4, 0.5) is 15.8 Å².